The van der Waals surface area contributed by atoms with Crippen molar-refractivity contribution in [2.24, 2.45) is 0 Å². The Morgan fingerprint density at radius 2 is 1.67 bits per heavy atom. The summed E-state index contributed by atoms with van der Waals surface area (Å²) in [6, 6.07) is 0. The van der Waals surface area contributed by atoms with E-state index in [1.165, 1.54) is 0 Å². The van der Waals surface area contributed by atoms with Crippen molar-refractivity contribution in [3.63, 3.8) is 0 Å². The van der Waals surface area contributed by atoms with Gasteiger partial charge in [-0.05, 0) is 0 Å². The maximum absolute atomic E-state index is 8.44. The third-order valence-corrected chi connectivity index (χ3v) is 0. The molecular weight excluding hydrogens is 132 g/mol. The predicted octanol–water partition coefficient (Wildman–Crippen LogP) is -1.29. The van der Waals surface area contributed by atoms with Gasteiger partial charge in [0.05, 0.1) is 0 Å². The molecule has 4 nitrogen and oxygen atoms in total. The summed E-state index contributed by atoms with van der Waals surface area (Å²) in [5.41, 5.74) is 0. The Hall–Kier alpha value is -0.251. The van der Waals surface area contributed by atoms with Crippen molar-refractivity contribution in [2.75, 3.05) is 0 Å². The molecule has 0 aromatic rings. The molecule has 5 heteroatoms. The van der Waals surface area contributed by atoms with E-state index in [4.69, 9.17) is 15.0 Å². The molecule has 2 N–H and O–H groups in total. The molecule has 0 atom stereocenters. The van der Waals surface area contributed by atoms with Gasteiger partial charge in [-0.1, -0.05) is 0 Å². The molecule has 0 bridgehead atoms. The first-order valence-corrected chi connectivity index (χ1v) is 0.632. The Kier molecular flexibility index (Phi) is 25.3. The van der Waals surface area contributed by atoms with Gasteiger partial charge in [-0.25, -0.2) is 0 Å². The van der Waals surface area contributed by atoms with E-state index in [-0.39, 0.29) is 22.5 Å². The Balaban J connectivity index is -0.0000000450. The van der Waals surface area contributed by atoms with E-state index in [1.54, 1.807) is 0 Å². The van der Waals surface area contributed by atoms with Gasteiger partial charge in [-0.15, -0.1) is 0 Å². The Labute approximate surface area is 44.6 Å². The van der Waals surface area contributed by atoms with Gasteiger partial charge in [0.25, 0.3) is 0 Å². The topological polar surface area (TPSA) is 90.4 Å². The molecule has 0 unspecified atom stereocenters. The Morgan fingerprint density at radius 1 is 1.67 bits per heavy atom. The largest absolute Gasteiger partial charge is 2.00 e. The Morgan fingerprint density at radius 3 is 1.67 bits per heavy atom. The zero-order valence-corrected chi connectivity index (χ0v) is 3.67. The molecule has 0 aliphatic carbocycles. The van der Waals surface area contributed by atoms with Crippen LogP contribution in [-0.4, -0.2) is 16.7 Å². The van der Waals surface area contributed by atoms with Gasteiger partial charge in [0, 0.05) is 0 Å². The Bertz CT molecular complexity index is 30.5. The summed E-state index contributed by atoms with van der Waals surface area (Å²) in [5.74, 6) is 0. The minimum absolute atomic E-state index is 0. The predicted molar refractivity (Wildman–Crippen MR) is 9.96 cm³/mol. The first kappa shape index (κ1) is 17.2. The van der Waals surface area contributed by atoms with Gasteiger partial charge in [0.1, 0.15) is 0 Å². The minimum Gasteiger partial charge on any atom is -0.870 e. The van der Waals surface area contributed by atoms with E-state index in [2.05, 4.69) is 0 Å². The molecular formula is CH2FeO4. The first-order valence-electron chi connectivity index (χ1n) is 0.632. The van der Waals surface area contributed by atoms with Crippen LogP contribution in [0.15, 0.2) is 0 Å². The van der Waals surface area contributed by atoms with Crippen LogP contribution >= 0.6 is 0 Å². The average molecular weight is 134 g/mol. The second-order valence-corrected chi connectivity index (χ2v) is 0.266. The monoisotopic (exact) mass is 134 g/mol. The van der Waals surface area contributed by atoms with Crippen molar-refractivity contribution in [3.8, 4) is 0 Å². The third kappa shape index (κ3) is 452. The quantitative estimate of drug-likeness (QED) is 0.417. The van der Waals surface area contributed by atoms with Crippen LogP contribution < -0.4 is 5.11 Å². The third-order valence-electron chi connectivity index (χ3n) is 0. The molecule has 0 radical (unpaired) electrons. The molecule has 38 valence electrons. The fraction of sp³-hybridized carbons (Fsp3) is 0. The minimum atomic E-state index is -2.08. The summed E-state index contributed by atoms with van der Waals surface area (Å²) in [7, 11) is 0. The summed E-state index contributed by atoms with van der Waals surface area (Å²) in [6.07, 6.45) is -2.08. The van der Waals surface area contributed by atoms with E-state index in [0.29, 0.717) is 0 Å². The van der Waals surface area contributed by atoms with Crippen LogP contribution in [0.25, 0.3) is 0 Å². The normalized spacial score (nSPS) is 4.00. The van der Waals surface area contributed by atoms with Crippen molar-refractivity contribution in [3.05, 3.63) is 0 Å². The van der Waals surface area contributed by atoms with Crippen molar-refractivity contribution in [1.82, 2.24) is 0 Å². The van der Waals surface area contributed by atoms with Crippen molar-refractivity contribution < 1.29 is 37.6 Å². The van der Waals surface area contributed by atoms with Crippen LogP contribution in [0.2, 0.25) is 0 Å². The van der Waals surface area contributed by atoms with Crippen LogP contribution in [0.5, 0.6) is 0 Å². The summed E-state index contributed by atoms with van der Waals surface area (Å²) < 4.78 is 0. The van der Waals surface area contributed by atoms with Gasteiger partial charge in [-0.2, -0.15) is 0 Å². The van der Waals surface area contributed by atoms with E-state index < -0.39 is 6.16 Å². The van der Waals surface area contributed by atoms with Crippen LogP contribution in [0.4, 0.5) is 4.79 Å². The van der Waals surface area contributed by atoms with Crippen molar-refractivity contribution in [1.29, 1.82) is 0 Å². The van der Waals surface area contributed by atoms with E-state index >= 15 is 0 Å². The number of carbonyl (C=O) groups is 1. The molecule has 0 saturated carbocycles. The maximum Gasteiger partial charge on any atom is 2.00 e. The van der Waals surface area contributed by atoms with Gasteiger partial charge in [0.15, 0.2) is 0 Å². The maximum atomic E-state index is 8.44. The smallest absolute Gasteiger partial charge is 0.870 e. The molecule has 0 aliphatic rings. The fourth-order valence-corrected chi connectivity index (χ4v) is 0. The molecule has 0 aliphatic heterocycles. The number of carboxylic acid groups (broad SMARTS) is 2. The summed E-state index contributed by atoms with van der Waals surface area (Å²) >= 11 is 0. The van der Waals surface area contributed by atoms with Gasteiger partial charge < -0.3 is 20.5 Å². The van der Waals surface area contributed by atoms with Crippen LogP contribution in [0.3, 0.4) is 0 Å². The van der Waals surface area contributed by atoms with Crippen LogP contribution in [0.1, 0.15) is 0 Å². The average Bonchev–Trinajstić information content (AvgIpc) is 0.811. The molecule has 0 amide bonds. The molecule has 0 aromatic heterocycles. The second-order valence-electron chi connectivity index (χ2n) is 0.266. The standard InChI is InChI=1S/CH2O3.Fe.H2O/c2-1(3)4;;/h(H2,2,3,4);;1H2/q;+2;/p-2. The molecule has 6 heavy (non-hydrogen) atoms. The molecule has 0 aromatic carbocycles. The summed E-state index contributed by atoms with van der Waals surface area (Å²) in [5, 5.41) is 15.3. The van der Waals surface area contributed by atoms with E-state index in [1.807, 2.05) is 0 Å². The summed E-state index contributed by atoms with van der Waals surface area (Å²) in [6.45, 7) is 0. The first-order chi connectivity index (χ1) is 1.73. The van der Waals surface area contributed by atoms with Crippen molar-refractivity contribution >= 4 is 6.16 Å². The second kappa shape index (κ2) is 8.83. The van der Waals surface area contributed by atoms with Crippen LogP contribution in [-0.2, 0) is 17.1 Å². The zero-order valence-electron chi connectivity index (χ0n) is 2.56. The number of hydrogen-bond acceptors (Lipinski definition) is 3. The van der Waals surface area contributed by atoms with Gasteiger partial charge in [0.2, 0.25) is 6.16 Å². The molecule has 0 fully saturated rings. The van der Waals surface area contributed by atoms with Crippen molar-refractivity contribution in [2.45, 2.75) is 0 Å². The molecule has 0 saturated heterocycles. The number of hydrogen-bond donors (Lipinski definition) is 1. The zero-order chi connectivity index (χ0) is 3.58. The number of rotatable bonds is 0. The fourth-order valence-electron chi connectivity index (χ4n) is 0. The molecule has 0 rings (SSSR count). The van der Waals surface area contributed by atoms with E-state index in [9.17, 15) is 0 Å². The molecule has 0 spiro atoms. The summed E-state index contributed by atoms with van der Waals surface area (Å²) in [4.78, 5) is 8.44. The molecule has 0 heterocycles. The van der Waals surface area contributed by atoms with Crippen LogP contribution in [0, 0.1) is 0 Å². The van der Waals surface area contributed by atoms with Gasteiger partial charge in [-0.3, -0.25) is 0 Å². The SMILES string of the molecule is O=C([O-])O.[Fe+2].[OH-]. The van der Waals surface area contributed by atoms with Gasteiger partial charge >= 0.3 is 17.1 Å². The van der Waals surface area contributed by atoms with E-state index in [0.717, 1.165) is 0 Å².